The van der Waals surface area contributed by atoms with E-state index in [0.29, 0.717) is 17.7 Å². The maximum atomic E-state index is 12.3. The second kappa shape index (κ2) is 9.41. The predicted molar refractivity (Wildman–Crippen MR) is 86.0 cm³/mol. The molecule has 0 unspecified atom stereocenters. The Balaban J connectivity index is 2.79. The molecule has 0 radical (unpaired) electrons. The summed E-state index contributed by atoms with van der Waals surface area (Å²) in [6.45, 7) is 0.763. The average molecular weight is 310 g/mol. The maximum Gasteiger partial charge on any atom is 0.326 e. The number of aliphatic carboxylic acids is 1. The summed E-state index contributed by atoms with van der Waals surface area (Å²) in [6, 6.07) is 6.44. The molecule has 1 amide bonds. The van der Waals surface area contributed by atoms with Crippen LogP contribution >= 0.6 is 11.8 Å². The monoisotopic (exact) mass is 310 g/mol. The fourth-order valence-electron chi connectivity index (χ4n) is 1.95. The first kappa shape index (κ1) is 17.5. The quantitative estimate of drug-likeness (QED) is 0.642. The third-order valence-electron chi connectivity index (χ3n) is 3.12. The summed E-state index contributed by atoms with van der Waals surface area (Å²) in [7, 11) is 1.85. The number of nitrogens with one attached hydrogen (secondary N) is 2. The molecule has 6 heteroatoms. The molecule has 0 heterocycles. The summed E-state index contributed by atoms with van der Waals surface area (Å²) in [5.74, 6) is -0.626. The highest BCUT2D eigenvalue weighted by molar-refractivity contribution is 7.98. The Morgan fingerprint density at radius 2 is 2.05 bits per heavy atom. The largest absolute Gasteiger partial charge is 0.480 e. The molecule has 0 aliphatic heterocycles. The van der Waals surface area contributed by atoms with Crippen molar-refractivity contribution in [3.05, 3.63) is 35.4 Å². The molecule has 1 rings (SSSR count). The molecule has 0 fully saturated rings. The zero-order chi connectivity index (χ0) is 15.7. The number of amides is 1. The number of thioether (sulfide) groups is 1. The Labute approximate surface area is 129 Å². The Morgan fingerprint density at radius 3 is 2.67 bits per heavy atom. The van der Waals surface area contributed by atoms with E-state index in [0.717, 1.165) is 18.5 Å². The summed E-state index contributed by atoms with van der Waals surface area (Å²) in [6.07, 6.45) is 3.05. The van der Waals surface area contributed by atoms with Crippen molar-refractivity contribution in [1.29, 1.82) is 0 Å². The molecule has 0 bridgehead atoms. The van der Waals surface area contributed by atoms with E-state index in [9.17, 15) is 14.7 Å². The minimum Gasteiger partial charge on any atom is -0.480 e. The first-order valence-electron chi connectivity index (χ1n) is 6.85. The third kappa shape index (κ3) is 5.77. The molecule has 116 valence electrons. The molecule has 1 aromatic rings. The highest BCUT2D eigenvalue weighted by Gasteiger charge is 2.21. The third-order valence-corrected chi connectivity index (χ3v) is 3.76. The van der Waals surface area contributed by atoms with Gasteiger partial charge in [0.2, 0.25) is 0 Å². The van der Waals surface area contributed by atoms with E-state index in [2.05, 4.69) is 10.6 Å². The van der Waals surface area contributed by atoms with Gasteiger partial charge in [0.05, 0.1) is 0 Å². The lowest BCUT2D eigenvalue weighted by atomic mass is 10.0. The Morgan fingerprint density at radius 1 is 1.33 bits per heavy atom. The van der Waals surface area contributed by atoms with Gasteiger partial charge in [-0.1, -0.05) is 18.2 Å². The van der Waals surface area contributed by atoms with Crippen molar-refractivity contribution in [1.82, 2.24) is 10.6 Å². The molecular formula is C15H22N2O3S. The van der Waals surface area contributed by atoms with Gasteiger partial charge >= 0.3 is 5.97 Å². The van der Waals surface area contributed by atoms with Crippen molar-refractivity contribution in [3.8, 4) is 0 Å². The SMILES string of the molecule is CNCCc1ccccc1C(=O)N[C@H](CCSC)C(=O)O. The van der Waals surface area contributed by atoms with Gasteiger partial charge in [0.25, 0.3) is 5.91 Å². The normalized spacial score (nSPS) is 11.9. The van der Waals surface area contributed by atoms with E-state index < -0.39 is 12.0 Å². The summed E-state index contributed by atoms with van der Waals surface area (Å²) in [4.78, 5) is 23.5. The van der Waals surface area contributed by atoms with Crippen LogP contribution in [0.2, 0.25) is 0 Å². The number of hydrogen-bond acceptors (Lipinski definition) is 4. The standard InChI is InChI=1S/C15H22N2O3S/c1-16-9-7-11-5-3-4-6-12(11)14(18)17-13(15(19)20)8-10-21-2/h3-6,13,16H,7-10H2,1-2H3,(H,17,18)(H,19,20)/t13-/m1/s1. The number of carbonyl (C=O) groups is 2. The van der Waals surface area contributed by atoms with Gasteiger partial charge in [-0.25, -0.2) is 4.79 Å². The average Bonchev–Trinajstić information content (AvgIpc) is 2.49. The van der Waals surface area contributed by atoms with Gasteiger partial charge in [-0.05, 0) is 50.1 Å². The van der Waals surface area contributed by atoms with E-state index >= 15 is 0 Å². The van der Waals surface area contributed by atoms with Crippen LogP contribution in [0, 0.1) is 0 Å². The second-order valence-electron chi connectivity index (χ2n) is 4.66. The van der Waals surface area contributed by atoms with Gasteiger partial charge in [-0.2, -0.15) is 11.8 Å². The van der Waals surface area contributed by atoms with Gasteiger partial charge in [0, 0.05) is 5.56 Å². The van der Waals surface area contributed by atoms with Crippen molar-refractivity contribution >= 4 is 23.6 Å². The van der Waals surface area contributed by atoms with Crippen LogP contribution in [0.1, 0.15) is 22.3 Å². The fraction of sp³-hybridized carbons (Fsp3) is 0.467. The summed E-state index contributed by atoms with van der Waals surface area (Å²) < 4.78 is 0. The van der Waals surface area contributed by atoms with Gasteiger partial charge in [-0.15, -0.1) is 0 Å². The van der Waals surface area contributed by atoms with Crippen molar-refractivity contribution in [2.75, 3.05) is 25.6 Å². The number of carboxylic acids is 1. The summed E-state index contributed by atoms with van der Waals surface area (Å²) in [5, 5.41) is 14.8. The summed E-state index contributed by atoms with van der Waals surface area (Å²) >= 11 is 1.56. The molecule has 0 aliphatic rings. The molecule has 5 nitrogen and oxygen atoms in total. The van der Waals surface area contributed by atoms with E-state index in [1.807, 2.05) is 25.4 Å². The molecule has 0 saturated carbocycles. The van der Waals surface area contributed by atoms with Crippen LogP contribution in [0.15, 0.2) is 24.3 Å². The Hall–Kier alpha value is -1.53. The van der Waals surface area contributed by atoms with E-state index in [-0.39, 0.29) is 5.91 Å². The molecule has 3 N–H and O–H groups in total. The lowest BCUT2D eigenvalue weighted by Crippen LogP contribution is -2.41. The van der Waals surface area contributed by atoms with Crippen molar-refractivity contribution in [3.63, 3.8) is 0 Å². The maximum absolute atomic E-state index is 12.3. The number of carboxylic acid groups (broad SMARTS) is 1. The zero-order valence-electron chi connectivity index (χ0n) is 12.4. The molecule has 0 aromatic heterocycles. The summed E-state index contributed by atoms with van der Waals surface area (Å²) in [5.41, 5.74) is 1.46. The number of benzene rings is 1. The van der Waals surface area contributed by atoms with Gasteiger partial charge in [0.15, 0.2) is 0 Å². The van der Waals surface area contributed by atoms with Crippen LogP contribution in [0.4, 0.5) is 0 Å². The van der Waals surface area contributed by atoms with E-state index in [4.69, 9.17) is 0 Å². The highest BCUT2D eigenvalue weighted by Crippen LogP contribution is 2.10. The van der Waals surface area contributed by atoms with Crippen LogP contribution in [-0.4, -0.2) is 48.6 Å². The van der Waals surface area contributed by atoms with Crippen LogP contribution in [0.3, 0.4) is 0 Å². The van der Waals surface area contributed by atoms with E-state index in [1.165, 1.54) is 0 Å². The van der Waals surface area contributed by atoms with Crippen molar-refractivity contribution in [2.24, 2.45) is 0 Å². The number of carbonyl (C=O) groups excluding carboxylic acids is 1. The molecule has 0 saturated heterocycles. The van der Waals surface area contributed by atoms with Crippen LogP contribution < -0.4 is 10.6 Å². The molecular weight excluding hydrogens is 288 g/mol. The smallest absolute Gasteiger partial charge is 0.326 e. The van der Waals surface area contributed by atoms with E-state index in [1.54, 1.807) is 23.9 Å². The molecule has 1 atom stereocenters. The van der Waals surface area contributed by atoms with Crippen LogP contribution in [0.5, 0.6) is 0 Å². The Kier molecular flexibility index (Phi) is 7.85. The lowest BCUT2D eigenvalue weighted by Gasteiger charge is -2.15. The lowest BCUT2D eigenvalue weighted by molar-refractivity contribution is -0.139. The molecule has 0 aliphatic carbocycles. The predicted octanol–water partition coefficient (Wildman–Crippen LogP) is 1.38. The number of rotatable bonds is 9. The molecule has 0 spiro atoms. The first-order chi connectivity index (χ1) is 10.1. The van der Waals surface area contributed by atoms with Crippen LogP contribution in [-0.2, 0) is 11.2 Å². The van der Waals surface area contributed by atoms with Gasteiger partial charge < -0.3 is 15.7 Å². The first-order valence-corrected chi connectivity index (χ1v) is 8.24. The minimum absolute atomic E-state index is 0.324. The van der Waals surface area contributed by atoms with Gasteiger partial charge in [-0.3, -0.25) is 4.79 Å². The van der Waals surface area contributed by atoms with Crippen LogP contribution in [0.25, 0.3) is 0 Å². The minimum atomic E-state index is -0.995. The highest BCUT2D eigenvalue weighted by atomic mass is 32.2. The fourth-order valence-corrected chi connectivity index (χ4v) is 2.42. The Bertz CT molecular complexity index is 480. The number of hydrogen-bond donors (Lipinski definition) is 3. The topological polar surface area (TPSA) is 78.4 Å². The molecule has 21 heavy (non-hydrogen) atoms. The second-order valence-corrected chi connectivity index (χ2v) is 5.64. The van der Waals surface area contributed by atoms with Crippen molar-refractivity contribution < 1.29 is 14.7 Å². The van der Waals surface area contributed by atoms with Crippen molar-refractivity contribution in [2.45, 2.75) is 18.9 Å². The zero-order valence-corrected chi connectivity index (χ0v) is 13.2. The van der Waals surface area contributed by atoms with Gasteiger partial charge in [0.1, 0.15) is 6.04 Å². The number of likely N-dealkylation sites (N-methyl/N-ethyl adjacent to an activating group) is 1. The molecule has 1 aromatic carbocycles.